The molecule has 0 aliphatic rings. The number of para-hydroxylation sites is 1. The molecule has 2 aromatic rings. The zero-order valence-electron chi connectivity index (χ0n) is 16.8. The third-order valence-corrected chi connectivity index (χ3v) is 4.77. The van der Waals surface area contributed by atoms with Crippen LogP contribution in [0.25, 0.3) is 0 Å². The highest BCUT2D eigenvalue weighted by molar-refractivity contribution is 7.99. The minimum absolute atomic E-state index is 0.133. The highest BCUT2D eigenvalue weighted by Gasteiger charge is 2.29. The van der Waals surface area contributed by atoms with Crippen LogP contribution in [0.15, 0.2) is 35.5 Å². The van der Waals surface area contributed by atoms with Crippen LogP contribution in [0.3, 0.4) is 0 Å². The van der Waals surface area contributed by atoms with Crippen LogP contribution in [-0.4, -0.2) is 45.9 Å². The van der Waals surface area contributed by atoms with Gasteiger partial charge in [0.1, 0.15) is 12.4 Å². The largest absolute Gasteiger partial charge is 0.486 e. The van der Waals surface area contributed by atoms with E-state index in [9.17, 15) is 18.0 Å². The normalized spacial score (nSPS) is 11.5. The molecule has 0 bridgehead atoms. The monoisotopic (exact) mass is 446 g/mol. The number of ether oxygens (including phenoxy) is 2. The smallest absolute Gasteiger partial charge is 0.422 e. The van der Waals surface area contributed by atoms with Crippen LogP contribution in [0, 0.1) is 5.92 Å². The van der Waals surface area contributed by atoms with Crippen molar-refractivity contribution in [3.63, 3.8) is 0 Å². The molecule has 0 unspecified atom stereocenters. The first-order valence-corrected chi connectivity index (χ1v) is 10.4. The molecule has 0 fully saturated rings. The van der Waals surface area contributed by atoms with Crippen LogP contribution in [0.4, 0.5) is 18.0 Å². The predicted molar refractivity (Wildman–Crippen MR) is 106 cm³/mol. The number of aromatic nitrogens is 3. The molecule has 2 rings (SSSR count). The summed E-state index contributed by atoms with van der Waals surface area (Å²) < 4.78 is 47.9. The number of benzene rings is 1. The van der Waals surface area contributed by atoms with Crippen LogP contribution in [0.5, 0.6) is 5.75 Å². The first-order chi connectivity index (χ1) is 14.2. The highest BCUT2D eigenvalue weighted by Crippen LogP contribution is 2.20. The lowest BCUT2D eigenvalue weighted by Crippen LogP contribution is -2.30. The molecule has 30 heavy (non-hydrogen) atoms. The Hall–Kier alpha value is -2.43. The van der Waals surface area contributed by atoms with Gasteiger partial charge in [0, 0.05) is 18.8 Å². The van der Waals surface area contributed by atoms with Crippen molar-refractivity contribution in [2.24, 2.45) is 5.92 Å². The lowest BCUT2D eigenvalue weighted by Gasteiger charge is -2.12. The minimum Gasteiger partial charge on any atom is -0.486 e. The molecule has 0 saturated carbocycles. The van der Waals surface area contributed by atoms with Gasteiger partial charge in [-0.05, 0) is 24.5 Å². The van der Waals surface area contributed by atoms with Gasteiger partial charge in [0.05, 0.1) is 0 Å². The first-order valence-electron chi connectivity index (χ1n) is 9.44. The Balaban J connectivity index is 1.87. The topological polar surface area (TPSA) is 78.3 Å². The number of amides is 1. The number of halogens is 3. The van der Waals surface area contributed by atoms with Crippen molar-refractivity contribution in [1.29, 1.82) is 0 Å². The maximum absolute atomic E-state index is 12.0. The molecule has 1 heterocycles. The Morgan fingerprint density at radius 2 is 1.97 bits per heavy atom. The molecular weight excluding hydrogens is 421 g/mol. The number of alkyl carbamates (subject to hydrolysis) is 1. The Bertz CT molecular complexity index is 785. The maximum Gasteiger partial charge on any atom is 0.422 e. The number of carbonyl (C=O) groups is 1. The van der Waals surface area contributed by atoms with Crippen molar-refractivity contribution in [3.05, 3.63) is 36.2 Å². The third-order valence-electron chi connectivity index (χ3n) is 3.80. The number of hydrogen-bond donors (Lipinski definition) is 1. The number of rotatable bonds is 11. The molecule has 166 valence electrons. The molecule has 1 N–H and O–H groups in total. The molecule has 0 spiro atoms. The van der Waals surface area contributed by atoms with E-state index in [1.54, 1.807) is 0 Å². The second-order valence-corrected chi connectivity index (χ2v) is 7.86. The zero-order valence-corrected chi connectivity index (χ0v) is 17.6. The van der Waals surface area contributed by atoms with Crippen molar-refractivity contribution >= 4 is 17.9 Å². The molecule has 0 atom stereocenters. The van der Waals surface area contributed by atoms with E-state index in [2.05, 4.69) is 34.1 Å². The Morgan fingerprint density at radius 3 is 2.63 bits per heavy atom. The number of nitrogens with one attached hydrogen (secondary N) is 1. The quantitative estimate of drug-likeness (QED) is 0.410. The first kappa shape index (κ1) is 23.8. The standard InChI is InChI=1S/C19H25F3N4O3S/c1-14(2)8-10-26-16(12-28-15-6-4-3-5-7-15)24-25-17(26)30-11-9-23-18(27)29-13-19(20,21)22/h3-7,14H,8-13H2,1-2H3,(H,23,27). The fraction of sp³-hybridized carbons (Fsp3) is 0.526. The summed E-state index contributed by atoms with van der Waals surface area (Å²) in [5.41, 5.74) is 0. The van der Waals surface area contributed by atoms with E-state index in [-0.39, 0.29) is 13.2 Å². The van der Waals surface area contributed by atoms with Gasteiger partial charge < -0.3 is 19.4 Å². The van der Waals surface area contributed by atoms with Gasteiger partial charge in [-0.2, -0.15) is 13.2 Å². The predicted octanol–water partition coefficient (Wildman–Crippen LogP) is 4.28. The number of hydrogen-bond acceptors (Lipinski definition) is 6. The van der Waals surface area contributed by atoms with Crippen molar-refractivity contribution < 1.29 is 27.4 Å². The van der Waals surface area contributed by atoms with Crippen LogP contribution in [-0.2, 0) is 17.9 Å². The van der Waals surface area contributed by atoms with Crippen LogP contribution >= 0.6 is 11.8 Å². The summed E-state index contributed by atoms with van der Waals surface area (Å²) in [6.07, 6.45) is -4.73. The second kappa shape index (κ2) is 11.7. The van der Waals surface area contributed by atoms with Crippen LogP contribution < -0.4 is 10.1 Å². The van der Waals surface area contributed by atoms with Crippen molar-refractivity contribution in [2.45, 2.75) is 44.8 Å². The fourth-order valence-corrected chi connectivity index (χ4v) is 3.14. The van der Waals surface area contributed by atoms with Gasteiger partial charge in [0.2, 0.25) is 0 Å². The second-order valence-electron chi connectivity index (χ2n) is 6.80. The highest BCUT2D eigenvalue weighted by atomic mass is 32.2. The summed E-state index contributed by atoms with van der Waals surface area (Å²) in [5.74, 6) is 2.30. The molecule has 0 radical (unpaired) electrons. The summed E-state index contributed by atoms with van der Waals surface area (Å²) >= 11 is 1.35. The minimum atomic E-state index is -4.54. The van der Waals surface area contributed by atoms with Gasteiger partial charge in [0.15, 0.2) is 17.6 Å². The van der Waals surface area contributed by atoms with Crippen molar-refractivity contribution in [1.82, 2.24) is 20.1 Å². The van der Waals surface area contributed by atoms with E-state index >= 15 is 0 Å². The summed E-state index contributed by atoms with van der Waals surface area (Å²) in [6, 6.07) is 9.38. The van der Waals surface area contributed by atoms with Gasteiger partial charge in [0.25, 0.3) is 0 Å². The summed E-state index contributed by atoms with van der Waals surface area (Å²) in [7, 11) is 0. The molecule has 0 aliphatic heterocycles. The summed E-state index contributed by atoms with van der Waals surface area (Å²) in [5, 5.41) is 11.3. The van der Waals surface area contributed by atoms with Gasteiger partial charge in [-0.3, -0.25) is 0 Å². The molecule has 1 aromatic carbocycles. The SMILES string of the molecule is CC(C)CCn1c(COc2ccccc2)nnc1SCCNC(=O)OCC(F)(F)F. The molecule has 1 aromatic heterocycles. The van der Waals surface area contributed by atoms with E-state index < -0.39 is 18.9 Å². The zero-order chi connectivity index (χ0) is 22.0. The molecular formula is C19H25F3N4O3S. The van der Waals surface area contributed by atoms with Crippen LogP contribution in [0.2, 0.25) is 0 Å². The van der Waals surface area contributed by atoms with Crippen LogP contribution in [0.1, 0.15) is 26.1 Å². The molecule has 7 nitrogen and oxygen atoms in total. The molecule has 11 heteroatoms. The number of carbonyl (C=O) groups excluding carboxylic acids is 1. The van der Waals surface area contributed by atoms with Gasteiger partial charge in [-0.1, -0.05) is 43.8 Å². The fourth-order valence-electron chi connectivity index (χ4n) is 2.30. The third kappa shape index (κ3) is 8.93. The maximum atomic E-state index is 12.0. The van der Waals surface area contributed by atoms with E-state index in [1.165, 1.54) is 11.8 Å². The molecule has 0 saturated heterocycles. The van der Waals surface area contributed by atoms with Gasteiger partial charge in [-0.15, -0.1) is 10.2 Å². The molecule has 1 amide bonds. The average Bonchev–Trinajstić information content (AvgIpc) is 3.08. The van der Waals surface area contributed by atoms with Gasteiger partial charge in [-0.25, -0.2) is 4.79 Å². The van der Waals surface area contributed by atoms with Crippen molar-refractivity contribution in [2.75, 3.05) is 18.9 Å². The van der Waals surface area contributed by atoms with E-state index in [0.29, 0.717) is 29.2 Å². The van der Waals surface area contributed by atoms with E-state index in [0.717, 1.165) is 12.2 Å². The van der Waals surface area contributed by atoms with Crippen molar-refractivity contribution in [3.8, 4) is 5.75 Å². The van der Waals surface area contributed by atoms with Gasteiger partial charge >= 0.3 is 12.3 Å². The number of alkyl halides is 3. The average molecular weight is 446 g/mol. The summed E-state index contributed by atoms with van der Waals surface area (Å²) in [4.78, 5) is 11.3. The lowest BCUT2D eigenvalue weighted by atomic mass is 10.1. The number of nitrogens with zero attached hydrogens (tertiary/aromatic N) is 3. The lowest BCUT2D eigenvalue weighted by molar-refractivity contribution is -0.160. The Morgan fingerprint density at radius 1 is 1.23 bits per heavy atom. The van der Waals surface area contributed by atoms with E-state index in [1.807, 2.05) is 34.9 Å². The summed E-state index contributed by atoms with van der Waals surface area (Å²) in [6.45, 7) is 3.73. The molecule has 0 aliphatic carbocycles. The van der Waals surface area contributed by atoms with E-state index in [4.69, 9.17) is 4.74 Å². The Labute approximate surface area is 177 Å². The Kier molecular flexibility index (Phi) is 9.28. The number of thioether (sulfide) groups is 1.